The summed E-state index contributed by atoms with van der Waals surface area (Å²) >= 11 is 0. The molecule has 0 radical (unpaired) electrons. The minimum Gasteiger partial charge on any atom is -0.459 e. The second-order valence-electron chi connectivity index (χ2n) is 9.91. The van der Waals surface area contributed by atoms with Gasteiger partial charge in [0.05, 0.1) is 18.4 Å². The Morgan fingerprint density at radius 3 is 2.22 bits per heavy atom. The van der Waals surface area contributed by atoms with E-state index in [9.17, 15) is 9.59 Å². The number of hydrogen-bond acceptors (Lipinski definition) is 4. The van der Waals surface area contributed by atoms with E-state index in [2.05, 4.69) is 36.5 Å². The first-order chi connectivity index (χ1) is 17.9. The van der Waals surface area contributed by atoms with Crippen molar-refractivity contribution in [1.29, 1.82) is 0 Å². The van der Waals surface area contributed by atoms with Crippen LogP contribution in [0.2, 0.25) is 0 Å². The third-order valence-corrected chi connectivity index (χ3v) is 6.97. The Hall–Kier alpha value is -4.13. The van der Waals surface area contributed by atoms with Gasteiger partial charge in [-0.1, -0.05) is 59.7 Å². The summed E-state index contributed by atoms with van der Waals surface area (Å²) < 4.78 is 7.17. The number of benzene rings is 2. The quantitative estimate of drug-likeness (QED) is 0.400. The highest BCUT2D eigenvalue weighted by Crippen LogP contribution is 2.26. The van der Waals surface area contributed by atoms with Crippen molar-refractivity contribution in [3.63, 3.8) is 0 Å². The number of amides is 2. The zero-order chi connectivity index (χ0) is 25.9. The largest absolute Gasteiger partial charge is 0.459 e. The number of nitrogens with one attached hydrogen (secondary N) is 1. The molecule has 7 nitrogen and oxygen atoms in total. The lowest BCUT2D eigenvalue weighted by atomic mass is 10.0. The maximum Gasteiger partial charge on any atom is 0.287 e. The van der Waals surface area contributed by atoms with Crippen molar-refractivity contribution in [2.24, 2.45) is 0 Å². The van der Waals surface area contributed by atoms with Crippen LogP contribution in [0.5, 0.6) is 0 Å². The average Bonchev–Trinajstić information content (AvgIpc) is 3.52. The van der Waals surface area contributed by atoms with Crippen LogP contribution in [-0.4, -0.2) is 45.6 Å². The van der Waals surface area contributed by atoms with Gasteiger partial charge in [-0.2, -0.15) is 5.10 Å². The van der Waals surface area contributed by atoms with Crippen LogP contribution < -0.4 is 5.32 Å². The smallest absolute Gasteiger partial charge is 0.287 e. The second-order valence-corrected chi connectivity index (χ2v) is 9.91. The molecule has 1 N–H and O–H groups in total. The van der Waals surface area contributed by atoms with Gasteiger partial charge in [-0.05, 0) is 45.2 Å². The third kappa shape index (κ3) is 5.50. The Bertz CT molecular complexity index is 1390. The molecule has 2 amide bonds. The number of carbonyl (C=O) groups excluding carboxylic acids is 2. The number of rotatable bonds is 6. The van der Waals surface area contributed by atoms with E-state index in [0.717, 1.165) is 22.3 Å². The number of hydrogen-bond donors (Lipinski definition) is 1. The van der Waals surface area contributed by atoms with Crippen LogP contribution in [-0.2, 0) is 6.54 Å². The SMILES string of the molecule is Cc1ccc(Cn2cc(C(=O)N3CCC(NC(=O)c4occc4C)CC3)c(-c3ccc(C)cc3)n2)cc1. The van der Waals surface area contributed by atoms with Crippen molar-refractivity contribution in [3.05, 3.63) is 101 Å². The Morgan fingerprint density at radius 2 is 1.59 bits per heavy atom. The molecular formula is C30H32N4O3. The molecule has 5 rings (SSSR count). The lowest BCUT2D eigenvalue weighted by Gasteiger charge is -2.32. The van der Waals surface area contributed by atoms with E-state index in [1.54, 1.807) is 6.07 Å². The minimum absolute atomic E-state index is 0.00174. The predicted octanol–water partition coefficient (Wildman–Crippen LogP) is 5.15. The van der Waals surface area contributed by atoms with Crippen LogP contribution in [0.1, 0.15) is 56.0 Å². The van der Waals surface area contributed by atoms with Crippen LogP contribution in [0.4, 0.5) is 0 Å². The van der Waals surface area contributed by atoms with Gasteiger partial charge in [0.25, 0.3) is 11.8 Å². The topological polar surface area (TPSA) is 80.4 Å². The maximum atomic E-state index is 13.7. The molecule has 0 unspecified atom stereocenters. The fourth-order valence-electron chi connectivity index (χ4n) is 4.72. The maximum absolute atomic E-state index is 13.7. The number of furan rings is 1. The van der Waals surface area contributed by atoms with E-state index in [4.69, 9.17) is 9.52 Å². The minimum atomic E-state index is -0.202. The molecule has 0 bridgehead atoms. The number of likely N-dealkylation sites (tertiary alicyclic amines) is 1. The van der Waals surface area contributed by atoms with E-state index in [1.165, 1.54) is 11.8 Å². The molecule has 1 saturated heterocycles. The Morgan fingerprint density at radius 1 is 0.946 bits per heavy atom. The highest BCUT2D eigenvalue weighted by Gasteiger charge is 2.28. The molecule has 0 aliphatic carbocycles. The number of aryl methyl sites for hydroxylation is 3. The van der Waals surface area contributed by atoms with Gasteiger partial charge in [0.1, 0.15) is 5.69 Å². The van der Waals surface area contributed by atoms with Gasteiger partial charge in [0.2, 0.25) is 0 Å². The highest BCUT2D eigenvalue weighted by atomic mass is 16.3. The van der Waals surface area contributed by atoms with Crippen molar-refractivity contribution in [1.82, 2.24) is 20.0 Å². The lowest BCUT2D eigenvalue weighted by Crippen LogP contribution is -2.46. The van der Waals surface area contributed by atoms with Crippen molar-refractivity contribution >= 4 is 11.8 Å². The van der Waals surface area contributed by atoms with E-state index in [-0.39, 0.29) is 17.9 Å². The molecule has 1 aliphatic rings. The number of piperidine rings is 1. The first-order valence-electron chi connectivity index (χ1n) is 12.7. The number of nitrogens with zero attached hydrogens (tertiary/aromatic N) is 3. The Labute approximate surface area is 217 Å². The molecular weight excluding hydrogens is 464 g/mol. The van der Waals surface area contributed by atoms with E-state index >= 15 is 0 Å². The zero-order valence-corrected chi connectivity index (χ0v) is 21.5. The van der Waals surface area contributed by atoms with Gasteiger partial charge in [-0.3, -0.25) is 14.3 Å². The molecule has 0 atom stereocenters. The second kappa shape index (κ2) is 10.5. The molecule has 0 saturated carbocycles. The van der Waals surface area contributed by atoms with Gasteiger partial charge < -0.3 is 14.6 Å². The standard InChI is InChI=1S/C30H32N4O3/c1-20-4-8-23(9-5-20)18-34-19-26(27(32-34)24-10-6-21(2)7-11-24)30(36)33-15-12-25(13-16-33)31-29(35)28-22(3)14-17-37-28/h4-11,14,17,19,25H,12-13,15-16,18H2,1-3H3,(H,31,35). The molecule has 190 valence electrons. The summed E-state index contributed by atoms with van der Waals surface area (Å²) in [6.07, 6.45) is 4.77. The monoisotopic (exact) mass is 496 g/mol. The van der Waals surface area contributed by atoms with Gasteiger partial charge in [0, 0.05) is 36.5 Å². The van der Waals surface area contributed by atoms with Crippen LogP contribution in [0.3, 0.4) is 0 Å². The fourth-order valence-corrected chi connectivity index (χ4v) is 4.72. The summed E-state index contributed by atoms with van der Waals surface area (Å²) in [5.41, 5.74) is 6.53. The summed E-state index contributed by atoms with van der Waals surface area (Å²) in [5.74, 6) is 0.117. The molecule has 1 aliphatic heterocycles. The molecule has 3 heterocycles. The predicted molar refractivity (Wildman–Crippen MR) is 143 cm³/mol. The normalized spacial score (nSPS) is 14.1. The Balaban J connectivity index is 1.32. The molecule has 2 aromatic carbocycles. The molecule has 0 spiro atoms. The van der Waals surface area contributed by atoms with E-state index in [0.29, 0.717) is 49.5 Å². The summed E-state index contributed by atoms with van der Waals surface area (Å²) in [7, 11) is 0. The van der Waals surface area contributed by atoms with Crippen LogP contribution >= 0.6 is 0 Å². The van der Waals surface area contributed by atoms with Crippen molar-refractivity contribution in [2.45, 2.75) is 46.2 Å². The average molecular weight is 497 g/mol. The fraction of sp³-hybridized carbons (Fsp3) is 0.300. The number of aromatic nitrogens is 2. The first-order valence-corrected chi connectivity index (χ1v) is 12.7. The summed E-state index contributed by atoms with van der Waals surface area (Å²) in [5, 5.41) is 7.89. The van der Waals surface area contributed by atoms with Crippen molar-refractivity contribution in [2.75, 3.05) is 13.1 Å². The third-order valence-electron chi connectivity index (χ3n) is 6.97. The molecule has 4 aromatic rings. The summed E-state index contributed by atoms with van der Waals surface area (Å²) in [4.78, 5) is 28.1. The van der Waals surface area contributed by atoms with Crippen molar-refractivity contribution < 1.29 is 14.0 Å². The van der Waals surface area contributed by atoms with Gasteiger partial charge >= 0.3 is 0 Å². The number of carbonyl (C=O) groups is 2. The van der Waals surface area contributed by atoms with Gasteiger partial charge in [-0.25, -0.2) is 0 Å². The van der Waals surface area contributed by atoms with Crippen LogP contribution in [0.25, 0.3) is 11.3 Å². The van der Waals surface area contributed by atoms with E-state index < -0.39 is 0 Å². The summed E-state index contributed by atoms with van der Waals surface area (Å²) in [6, 6.07) is 18.2. The Kier molecular flexibility index (Phi) is 6.95. The molecule has 7 heteroatoms. The van der Waals surface area contributed by atoms with E-state index in [1.807, 2.05) is 53.9 Å². The van der Waals surface area contributed by atoms with Gasteiger partial charge in [0.15, 0.2) is 5.76 Å². The van der Waals surface area contributed by atoms with Crippen LogP contribution in [0, 0.1) is 20.8 Å². The first kappa shape index (κ1) is 24.6. The van der Waals surface area contributed by atoms with Crippen molar-refractivity contribution in [3.8, 4) is 11.3 Å². The molecule has 1 fully saturated rings. The zero-order valence-electron chi connectivity index (χ0n) is 21.5. The highest BCUT2D eigenvalue weighted by molar-refractivity contribution is 6.00. The van der Waals surface area contributed by atoms with Crippen LogP contribution in [0.15, 0.2) is 71.5 Å². The lowest BCUT2D eigenvalue weighted by molar-refractivity contribution is 0.0696. The van der Waals surface area contributed by atoms with Gasteiger partial charge in [-0.15, -0.1) is 0 Å². The molecule has 37 heavy (non-hydrogen) atoms. The molecule has 2 aromatic heterocycles. The summed E-state index contributed by atoms with van der Waals surface area (Å²) in [6.45, 7) is 7.68.